The van der Waals surface area contributed by atoms with Crippen LogP contribution in [-0.2, 0) is 6.42 Å². The fourth-order valence-corrected chi connectivity index (χ4v) is 2.99. The average Bonchev–Trinajstić information content (AvgIpc) is 3.02. The number of hydrogen-bond acceptors (Lipinski definition) is 2. The lowest BCUT2D eigenvalue weighted by Crippen LogP contribution is -2.26. The highest BCUT2D eigenvalue weighted by molar-refractivity contribution is 5.40. The third-order valence-corrected chi connectivity index (χ3v) is 4.63. The molecule has 0 amide bonds. The molecular formula is C15H21NO. The van der Waals surface area contributed by atoms with Gasteiger partial charge in [-0.15, -0.1) is 0 Å². The summed E-state index contributed by atoms with van der Waals surface area (Å²) in [4.78, 5) is 0. The molecular weight excluding hydrogens is 210 g/mol. The van der Waals surface area contributed by atoms with Gasteiger partial charge in [-0.2, -0.15) is 0 Å². The van der Waals surface area contributed by atoms with E-state index in [4.69, 9.17) is 0 Å². The molecule has 2 aliphatic rings. The Labute approximate surface area is 103 Å². The first kappa shape index (κ1) is 11.1. The minimum Gasteiger partial charge on any atom is -0.508 e. The van der Waals surface area contributed by atoms with Gasteiger partial charge in [-0.1, -0.05) is 13.0 Å². The molecule has 0 aliphatic heterocycles. The van der Waals surface area contributed by atoms with Crippen molar-refractivity contribution in [2.45, 2.75) is 45.1 Å². The molecule has 2 N–H and O–H groups in total. The van der Waals surface area contributed by atoms with E-state index >= 15 is 0 Å². The molecule has 3 rings (SSSR count). The Morgan fingerprint density at radius 2 is 2.24 bits per heavy atom. The van der Waals surface area contributed by atoms with E-state index in [1.807, 2.05) is 12.1 Å². The first-order valence-corrected chi connectivity index (χ1v) is 6.78. The zero-order chi connectivity index (χ0) is 11.9. The third kappa shape index (κ3) is 2.06. The number of hydrogen-bond donors (Lipinski definition) is 2. The molecule has 1 aromatic rings. The van der Waals surface area contributed by atoms with Crippen LogP contribution in [0, 0.1) is 5.41 Å². The summed E-state index contributed by atoms with van der Waals surface area (Å²) >= 11 is 0. The molecule has 0 bridgehead atoms. The van der Waals surface area contributed by atoms with Crippen LogP contribution in [0.15, 0.2) is 18.2 Å². The van der Waals surface area contributed by atoms with Crippen molar-refractivity contribution in [1.82, 2.24) is 5.32 Å². The lowest BCUT2D eigenvalue weighted by molar-refractivity contribution is 0.403. The first-order chi connectivity index (χ1) is 8.22. The maximum absolute atomic E-state index is 9.47. The molecule has 17 heavy (non-hydrogen) atoms. The molecule has 0 heterocycles. The number of rotatable bonds is 4. The van der Waals surface area contributed by atoms with E-state index in [1.165, 1.54) is 36.8 Å². The summed E-state index contributed by atoms with van der Waals surface area (Å²) in [5.41, 5.74) is 3.33. The van der Waals surface area contributed by atoms with Crippen LogP contribution in [0.4, 0.5) is 0 Å². The topological polar surface area (TPSA) is 32.3 Å². The predicted octanol–water partition coefficient (Wildman–Crippen LogP) is 3.16. The average molecular weight is 231 g/mol. The van der Waals surface area contributed by atoms with E-state index in [-0.39, 0.29) is 0 Å². The van der Waals surface area contributed by atoms with Crippen molar-refractivity contribution in [3.05, 3.63) is 29.3 Å². The smallest absolute Gasteiger partial charge is 0.115 e. The van der Waals surface area contributed by atoms with E-state index < -0.39 is 0 Å². The summed E-state index contributed by atoms with van der Waals surface area (Å²) in [5, 5.41) is 13.2. The molecule has 1 atom stereocenters. The van der Waals surface area contributed by atoms with E-state index in [1.54, 1.807) is 0 Å². The molecule has 1 aromatic carbocycles. The van der Waals surface area contributed by atoms with Crippen LogP contribution in [0.2, 0.25) is 0 Å². The quantitative estimate of drug-likeness (QED) is 0.834. The van der Waals surface area contributed by atoms with Crippen LogP contribution < -0.4 is 5.32 Å². The fourth-order valence-electron chi connectivity index (χ4n) is 2.99. The number of nitrogens with one attached hydrogen (secondary N) is 1. The monoisotopic (exact) mass is 231 g/mol. The van der Waals surface area contributed by atoms with Gasteiger partial charge >= 0.3 is 0 Å². The number of benzene rings is 1. The van der Waals surface area contributed by atoms with Gasteiger partial charge in [0, 0.05) is 12.6 Å². The molecule has 2 heteroatoms. The van der Waals surface area contributed by atoms with Gasteiger partial charge in [-0.3, -0.25) is 0 Å². The zero-order valence-electron chi connectivity index (χ0n) is 10.5. The van der Waals surface area contributed by atoms with Crippen molar-refractivity contribution >= 4 is 0 Å². The Hall–Kier alpha value is -1.02. The van der Waals surface area contributed by atoms with Gasteiger partial charge in [-0.05, 0) is 60.8 Å². The molecule has 0 aromatic heterocycles. The molecule has 2 nitrogen and oxygen atoms in total. The van der Waals surface area contributed by atoms with Gasteiger partial charge in [0.1, 0.15) is 5.75 Å². The second-order valence-electron chi connectivity index (χ2n) is 5.71. The molecule has 1 fully saturated rings. The first-order valence-electron chi connectivity index (χ1n) is 6.78. The lowest BCUT2D eigenvalue weighted by Gasteiger charge is -2.19. The number of phenols is 1. The highest BCUT2D eigenvalue weighted by atomic mass is 16.3. The Kier molecular flexibility index (Phi) is 2.62. The van der Waals surface area contributed by atoms with Crippen LogP contribution in [0.1, 0.15) is 49.8 Å². The van der Waals surface area contributed by atoms with Crippen molar-refractivity contribution in [1.29, 1.82) is 0 Å². The SMILES string of the molecule is CCC1(CNC2CCc3cc(O)ccc32)CC1. The highest BCUT2D eigenvalue weighted by Crippen LogP contribution is 2.48. The van der Waals surface area contributed by atoms with E-state index in [0.717, 1.165) is 13.0 Å². The van der Waals surface area contributed by atoms with Crippen LogP contribution in [-0.4, -0.2) is 11.7 Å². The second-order valence-corrected chi connectivity index (χ2v) is 5.71. The third-order valence-electron chi connectivity index (χ3n) is 4.63. The van der Waals surface area contributed by atoms with Crippen LogP contribution >= 0.6 is 0 Å². The van der Waals surface area contributed by atoms with E-state index in [9.17, 15) is 5.11 Å². The summed E-state index contributed by atoms with van der Waals surface area (Å²) in [7, 11) is 0. The number of aromatic hydroxyl groups is 1. The number of fused-ring (bicyclic) bond motifs is 1. The molecule has 0 saturated heterocycles. The van der Waals surface area contributed by atoms with Gasteiger partial charge in [0.15, 0.2) is 0 Å². The van der Waals surface area contributed by atoms with Gasteiger partial charge in [0.25, 0.3) is 0 Å². The Bertz CT molecular complexity index is 423. The summed E-state index contributed by atoms with van der Waals surface area (Å²) in [6.45, 7) is 3.46. The highest BCUT2D eigenvalue weighted by Gasteiger charge is 2.40. The molecule has 2 aliphatic carbocycles. The zero-order valence-corrected chi connectivity index (χ0v) is 10.5. The van der Waals surface area contributed by atoms with Crippen molar-refractivity contribution in [2.24, 2.45) is 5.41 Å². The van der Waals surface area contributed by atoms with E-state index in [0.29, 0.717) is 17.2 Å². The molecule has 0 spiro atoms. The van der Waals surface area contributed by atoms with Crippen LogP contribution in [0.3, 0.4) is 0 Å². The van der Waals surface area contributed by atoms with Gasteiger partial charge in [-0.25, -0.2) is 0 Å². The van der Waals surface area contributed by atoms with Gasteiger partial charge in [0.05, 0.1) is 0 Å². The van der Waals surface area contributed by atoms with Gasteiger partial charge < -0.3 is 10.4 Å². The van der Waals surface area contributed by atoms with Gasteiger partial charge in [0.2, 0.25) is 0 Å². The molecule has 0 radical (unpaired) electrons. The molecule has 1 unspecified atom stereocenters. The van der Waals surface area contributed by atoms with Crippen LogP contribution in [0.5, 0.6) is 5.75 Å². The number of aryl methyl sites for hydroxylation is 1. The minimum atomic E-state index is 0.400. The maximum atomic E-state index is 9.47. The standard InChI is InChI=1S/C15H21NO/c1-2-15(7-8-15)10-16-14-6-3-11-9-12(17)4-5-13(11)14/h4-5,9,14,16-17H,2-3,6-8,10H2,1H3. The van der Waals surface area contributed by atoms with Crippen molar-refractivity contribution < 1.29 is 5.11 Å². The number of phenolic OH excluding ortho intramolecular Hbond substituents is 1. The van der Waals surface area contributed by atoms with Crippen molar-refractivity contribution in [3.63, 3.8) is 0 Å². The second kappa shape index (κ2) is 4.02. The molecule has 92 valence electrons. The molecule has 1 saturated carbocycles. The Morgan fingerprint density at radius 1 is 1.41 bits per heavy atom. The summed E-state index contributed by atoms with van der Waals surface area (Å²) < 4.78 is 0. The van der Waals surface area contributed by atoms with E-state index in [2.05, 4.69) is 18.3 Å². The predicted molar refractivity (Wildman–Crippen MR) is 69.1 cm³/mol. The summed E-state index contributed by atoms with van der Waals surface area (Å²) in [6.07, 6.45) is 6.37. The fraction of sp³-hybridized carbons (Fsp3) is 0.600. The maximum Gasteiger partial charge on any atom is 0.115 e. The summed E-state index contributed by atoms with van der Waals surface area (Å²) in [6, 6.07) is 6.32. The Morgan fingerprint density at radius 3 is 2.94 bits per heavy atom. The van der Waals surface area contributed by atoms with Crippen LogP contribution in [0.25, 0.3) is 0 Å². The largest absolute Gasteiger partial charge is 0.508 e. The normalized spacial score (nSPS) is 24.6. The Balaban J connectivity index is 1.67. The van der Waals surface area contributed by atoms with Crippen molar-refractivity contribution in [3.8, 4) is 5.75 Å². The minimum absolute atomic E-state index is 0.400. The summed E-state index contributed by atoms with van der Waals surface area (Å²) in [5.74, 6) is 0.400. The van der Waals surface area contributed by atoms with Crippen molar-refractivity contribution in [2.75, 3.05) is 6.54 Å². The lowest BCUT2D eigenvalue weighted by atomic mass is 10.0.